The molecule has 0 saturated carbocycles. The van der Waals surface area contributed by atoms with Gasteiger partial charge in [0.05, 0.1) is 6.20 Å². The van der Waals surface area contributed by atoms with Crippen molar-refractivity contribution >= 4 is 11.7 Å². The van der Waals surface area contributed by atoms with Crippen molar-refractivity contribution in [3.05, 3.63) is 42.5 Å². The molecule has 8 nitrogen and oxygen atoms in total. The van der Waals surface area contributed by atoms with Crippen molar-refractivity contribution in [1.29, 1.82) is 0 Å². The first-order valence-electron chi connectivity index (χ1n) is 10.3. The molecule has 2 aromatic heterocycles. The third kappa shape index (κ3) is 5.20. The number of carbonyl (C=O) groups excluding carboxylic acids is 1. The van der Waals surface area contributed by atoms with Crippen LogP contribution in [0.2, 0.25) is 0 Å². The van der Waals surface area contributed by atoms with Gasteiger partial charge in [0.15, 0.2) is 0 Å². The first kappa shape index (κ1) is 19.6. The zero-order chi connectivity index (χ0) is 20.1. The number of hydrogen-bond acceptors (Lipinski definition) is 7. The van der Waals surface area contributed by atoms with Crippen LogP contribution < -0.4 is 10.5 Å². The molecule has 29 heavy (non-hydrogen) atoms. The quantitative estimate of drug-likeness (QED) is 0.822. The normalized spacial score (nSPS) is 19.2. The molecule has 4 rings (SSSR count). The summed E-state index contributed by atoms with van der Waals surface area (Å²) < 4.78 is 5.88. The predicted molar refractivity (Wildman–Crippen MR) is 109 cm³/mol. The van der Waals surface area contributed by atoms with Crippen molar-refractivity contribution in [2.45, 2.75) is 38.3 Å². The lowest BCUT2D eigenvalue weighted by molar-refractivity contribution is -0.139. The van der Waals surface area contributed by atoms with Gasteiger partial charge in [-0.25, -0.2) is 9.97 Å². The predicted octanol–water partition coefficient (Wildman–Crippen LogP) is 1.74. The largest absolute Gasteiger partial charge is 0.473 e. The lowest BCUT2D eigenvalue weighted by Gasteiger charge is -2.37. The molecule has 2 aliphatic heterocycles. The van der Waals surface area contributed by atoms with E-state index in [1.165, 1.54) is 5.56 Å². The van der Waals surface area contributed by atoms with Crippen LogP contribution in [0.1, 0.15) is 31.2 Å². The average Bonchev–Trinajstić information content (AvgIpc) is 2.75. The van der Waals surface area contributed by atoms with Crippen molar-refractivity contribution in [3.8, 4) is 5.88 Å². The van der Waals surface area contributed by atoms with Gasteiger partial charge in [0.1, 0.15) is 11.9 Å². The van der Waals surface area contributed by atoms with Crippen LogP contribution in [0.25, 0.3) is 0 Å². The van der Waals surface area contributed by atoms with E-state index < -0.39 is 0 Å². The lowest BCUT2D eigenvalue weighted by Crippen LogP contribution is -2.47. The molecule has 2 fully saturated rings. The Hall–Kier alpha value is -2.74. The van der Waals surface area contributed by atoms with E-state index in [0.29, 0.717) is 17.6 Å². The van der Waals surface area contributed by atoms with Crippen LogP contribution >= 0.6 is 0 Å². The third-order valence-corrected chi connectivity index (χ3v) is 5.77. The minimum atomic E-state index is 0.102. The van der Waals surface area contributed by atoms with Gasteiger partial charge in [-0.1, -0.05) is 0 Å². The van der Waals surface area contributed by atoms with Crippen LogP contribution in [-0.2, 0) is 11.3 Å². The minimum absolute atomic E-state index is 0.102. The van der Waals surface area contributed by atoms with Gasteiger partial charge < -0.3 is 15.4 Å². The molecule has 8 heteroatoms. The minimum Gasteiger partial charge on any atom is -0.473 e. The number of nitrogens with zero attached hydrogens (tertiary/aromatic N) is 5. The molecular weight excluding hydrogens is 368 g/mol. The Kier molecular flexibility index (Phi) is 6.19. The summed E-state index contributed by atoms with van der Waals surface area (Å²) in [5.74, 6) is 1.54. The van der Waals surface area contributed by atoms with Crippen LogP contribution in [0, 0.1) is 5.92 Å². The fraction of sp³-hybridized carbons (Fsp3) is 0.524. The number of nitrogens with two attached hydrogens (primary N) is 1. The SMILES string of the molecule is Nc1cc(CN2CCC(C(=O)N3CCC(Oc4cnccn4)CC3)CC2)ccn1. The zero-order valence-corrected chi connectivity index (χ0v) is 16.6. The molecule has 0 aliphatic carbocycles. The van der Waals surface area contributed by atoms with Gasteiger partial charge in [-0.2, -0.15) is 0 Å². The summed E-state index contributed by atoms with van der Waals surface area (Å²) >= 11 is 0. The summed E-state index contributed by atoms with van der Waals surface area (Å²) in [6, 6.07) is 3.92. The third-order valence-electron chi connectivity index (χ3n) is 5.77. The van der Waals surface area contributed by atoms with Crippen LogP contribution in [-0.4, -0.2) is 62.9 Å². The Labute approximate surface area is 171 Å². The van der Waals surface area contributed by atoms with E-state index in [9.17, 15) is 4.79 Å². The molecular formula is C21H28N6O2. The Morgan fingerprint density at radius 3 is 2.55 bits per heavy atom. The van der Waals surface area contributed by atoms with Gasteiger partial charge in [-0.15, -0.1) is 0 Å². The number of carbonyl (C=O) groups is 1. The summed E-state index contributed by atoms with van der Waals surface area (Å²) in [7, 11) is 0. The van der Waals surface area contributed by atoms with Crippen LogP contribution in [0.4, 0.5) is 5.82 Å². The van der Waals surface area contributed by atoms with E-state index in [2.05, 4.69) is 19.9 Å². The molecule has 2 saturated heterocycles. The fourth-order valence-electron chi connectivity index (χ4n) is 4.16. The summed E-state index contributed by atoms with van der Waals surface area (Å²) in [4.78, 5) is 29.6. The molecule has 2 aliphatic rings. The summed E-state index contributed by atoms with van der Waals surface area (Å²) in [5.41, 5.74) is 6.94. The molecule has 2 aromatic rings. The number of aromatic nitrogens is 3. The number of ether oxygens (including phenoxy) is 1. The number of hydrogen-bond donors (Lipinski definition) is 1. The number of likely N-dealkylation sites (tertiary alicyclic amines) is 2. The Balaban J connectivity index is 1.21. The van der Waals surface area contributed by atoms with Gasteiger partial charge in [0, 0.05) is 57.0 Å². The average molecular weight is 396 g/mol. The van der Waals surface area contributed by atoms with E-state index in [1.54, 1.807) is 24.8 Å². The van der Waals surface area contributed by atoms with Crippen molar-refractivity contribution in [1.82, 2.24) is 24.8 Å². The Morgan fingerprint density at radius 2 is 1.86 bits per heavy atom. The topological polar surface area (TPSA) is 97.5 Å². The zero-order valence-electron chi connectivity index (χ0n) is 16.6. The molecule has 154 valence electrons. The maximum Gasteiger partial charge on any atom is 0.232 e. The molecule has 1 amide bonds. The summed E-state index contributed by atoms with van der Waals surface area (Å²) in [5, 5.41) is 0. The number of piperidine rings is 2. The van der Waals surface area contributed by atoms with Crippen LogP contribution in [0.5, 0.6) is 5.88 Å². The fourth-order valence-corrected chi connectivity index (χ4v) is 4.16. The molecule has 0 atom stereocenters. The highest BCUT2D eigenvalue weighted by Gasteiger charge is 2.31. The Morgan fingerprint density at radius 1 is 1.07 bits per heavy atom. The van der Waals surface area contributed by atoms with E-state index in [1.807, 2.05) is 17.0 Å². The van der Waals surface area contributed by atoms with Crippen LogP contribution in [0.3, 0.4) is 0 Å². The number of anilines is 1. The molecule has 2 N–H and O–H groups in total. The molecule has 4 heterocycles. The first-order chi connectivity index (χ1) is 14.2. The van der Waals surface area contributed by atoms with E-state index >= 15 is 0 Å². The van der Waals surface area contributed by atoms with Crippen molar-refractivity contribution in [3.63, 3.8) is 0 Å². The highest BCUT2D eigenvalue weighted by Crippen LogP contribution is 2.24. The first-order valence-corrected chi connectivity index (χ1v) is 10.3. The number of pyridine rings is 1. The second-order valence-corrected chi connectivity index (χ2v) is 7.83. The molecule has 0 spiro atoms. The number of amides is 1. The molecule has 0 bridgehead atoms. The number of nitrogen functional groups attached to an aromatic ring is 1. The van der Waals surface area contributed by atoms with Gasteiger partial charge in [0.25, 0.3) is 0 Å². The summed E-state index contributed by atoms with van der Waals surface area (Å²) in [6.45, 7) is 4.23. The highest BCUT2D eigenvalue weighted by molar-refractivity contribution is 5.79. The standard InChI is InChI=1S/C21H28N6O2/c22-19-13-16(1-6-24-19)15-26-9-2-17(3-10-26)21(28)27-11-4-18(5-12-27)29-20-14-23-7-8-25-20/h1,6-8,13-14,17-18H,2-5,9-12,15H2,(H2,22,24). The second-order valence-electron chi connectivity index (χ2n) is 7.83. The highest BCUT2D eigenvalue weighted by atomic mass is 16.5. The van der Waals surface area contributed by atoms with Gasteiger partial charge in [0.2, 0.25) is 11.8 Å². The van der Waals surface area contributed by atoms with E-state index in [0.717, 1.165) is 58.4 Å². The monoisotopic (exact) mass is 396 g/mol. The van der Waals surface area contributed by atoms with Crippen molar-refractivity contribution in [2.24, 2.45) is 5.92 Å². The maximum absolute atomic E-state index is 12.9. The second kappa shape index (κ2) is 9.17. The van der Waals surface area contributed by atoms with Gasteiger partial charge in [-0.3, -0.25) is 14.7 Å². The maximum atomic E-state index is 12.9. The van der Waals surface area contributed by atoms with Gasteiger partial charge >= 0.3 is 0 Å². The number of rotatable bonds is 5. The van der Waals surface area contributed by atoms with Crippen molar-refractivity contribution in [2.75, 3.05) is 31.9 Å². The molecule has 0 aromatic carbocycles. The van der Waals surface area contributed by atoms with E-state index in [-0.39, 0.29) is 12.0 Å². The lowest BCUT2D eigenvalue weighted by atomic mass is 9.94. The summed E-state index contributed by atoms with van der Waals surface area (Å²) in [6.07, 6.45) is 10.2. The van der Waals surface area contributed by atoms with Gasteiger partial charge in [-0.05, 0) is 43.6 Å². The van der Waals surface area contributed by atoms with Crippen molar-refractivity contribution < 1.29 is 9.53 Å². The van der Waals surface area contributed by atoms with E-state index in [4.69, 9.17) is 10.5 Å². The molecule has 0 radical (unpaired) electrons. The Bertz CT molecular complexity index is 802. The van der Waals surface area contributed by atoms with Crippen LogP contribution in [0.15, 0.2) is 36.9 Å². The molecule has 0 unspecified atom stereocenters. The smallest absolute Gasteiger partial charge is 0.232 e.